The maximum Gasteiger partial charge on any atom is 0.305 e. The van der Waals surface area contributed by atoms with Gasteiger partial charge in [-0.3, -0.25) is 14.4 Å². The minimum Gasteiger partial charge on any atom is -0.492 e. The number of thioether (sulfide) groups is 1. The van der Waals surface area contributed by atoms with Crippen LogP contribution in [0.3, 0.4) is 0 Å². The summed E-state index contributed by atoms with van der Waals surface area (Å²) in [5, 5.41) is 7.40. The molecule has 0 saturated carbocycles. The molecular weight excluding hydrogens is 282 g/mol. The summed E-state index contributed by atoms with van der Waals surface area (Å²) in [5.41, 5.74) is 0.352. The number of ether oxygens (including phenoxy) is 1. The predicted octanol–water partition coefficient (Wildman–Crippen LogP) is 2.13. The molecule has 0 spiro atoms. The highest BCUT2D eigenvalue weighted by Crippen LogP contribution is 2.37. The number of anilines is 1. The van der Waals surface area contributed by atoms with Gasteiger partial charge in [-0.15, -0.1) is 0 Å². The number of hydrogen-bond acceptors (Lipinski definition) is 5. The fourth-order valence-corrected chi connectivity index (χ4v) is 2.85. The number of carboxylic acid groups (broad SMARTS) is 1. The second kappa shape index (κ2) is 5.96. The Balaban J connectivity index is 2.31. The van der Waals surface area contributed by atoms with Gasteiger partial charge in [0.15, 0.2) is 0 Å². The Morgan fingerprint density at radius 3 is 2.75 bits per heavy atom. The first-order valence-corrected chi connectivity index (χ1v) is 6.90. The van der Waals surface area contributed by atoms with E-state index >= 15 is 0 Å². The molecule has 1 aromatic rings. The molecule has 20 heavy (non-hydrogen) atoms. The average Bonchev–Trinajstić information content (AvgIpc) is 2.65. The van der Waals surface area contributed by atoms with Crippen molar-refractivity contribution in [1.29, 1.82) is 0 Å². The molecule has 2 rings (SSSR count). The largest absolute Gasteiger partial charge is 0.492 e. The minimum atomic E-state index is -1.11. The normalized spacial score (nSPS) is 18.4. The molecule has 1 fully saturated rings. The van der Waals surface area contributed by atoms with Crippen LogP contribution in [0.2, 0.25) is 0 Å². The van der Waals surface area contributed by atoms with Crippen LogP contribution in [-0.4, -0.2) is 34.1 Å². The molecule has 0 aliphatic carbocycles. The number of benzene rings is 1. The summed E-state index contributed by atoms with van der Waals surface area (Å²) in [6.07, 6.45) is -0.372. The lowest BCUT2D eigenvalue weighted by atomic mass is 10.2. The molecule has 1 heterocycles. The molecule has 0 unspecified atom stereocenters. The highest BCUT2D eigenvalue weighted by molar-refractivity contribution is 8.15. The second-order valence-electron chi connectivity index (χ2n) is 4.04. The van der Waals surface area contributed by atoms with Crippen molar-refractivity contribution in [2.45, 2.75) is 18.6 Å². The summed E-state index contributed by atoms with van der Waals surface area (Å²) >= 11 is 0.733. The number of para-hydroxylation sites is 2. The van der Waals surface area contributed by atoms with Crippen LogP contribution in [0.1, 0.15) is 13.3 Å². The van der Waals surface area contributed by atoms with Gasteiger partial charge in [-0.25, -0.2) is 4.90 Å². The molecule has 0 bridgehead atoms. The Morgan fingerprint density at radius 2 is 2.10 bits per heavy atom. The van der Waals surface area contributed by atoms with Crippen LogP contribution in [-0.2, 0) is 9.59 Å². The molecule has 1 atom stereocenters. The van der Waals surface area contributed by atoms with E-state index in [-0.39, 0.29) is 6.42 Å². The van der Waals surface area contributed by atoms with Gasteiger partial charge in [-0.2, -0.15) is 0 Å². The maximum absolute atomic E-state index is 12.2. The number of carboxylic acids is 1. The van der Waals surface area contributed by atoms with Crippen LogP contribution in [0.15, 0.2) is 24.3 Å². The zero-order valence-corrected chi connectivity index (χ0v) is 11.6. The lowest BCUT2D eigenvalue weighted by Crippen LogP contribution is -2.32. The first kappa shape index (κ1) is 14.4. The SMILES string of the molecule is CCOc1ccccc1N1C(=O)S[C@@H](CC(=O)O)C1=O. The van der Waals surface area contributed by atoms with Gasteiger partial charge in [0.1, 0.15) is 11.0 Å². The average molecular weight is 295 g/mol. The highest BCUT2D eigenvalue weighted by atomic mass is 32.2. The Bertz CT molecular complexity index is 559. The monoisotopic (exact) mass is 295 g/mol. The molecule has 1 aliphatic heterocycles. The third-order valence-corrected chi connectivity index (χ3v) is 3.72. The summed E-state index contributed by atoms with van der Waals surface area (Å²) in [7, 11) is 0. The van der Waals surface area contributed by atoms with Crippen molar-refractivity contribution in [3.05, 3.63) is 24.3 Å². The summed E-state index contributed by atoms with van der Waals surface area (Å²) in [6.45, 7) is 2.20. The van der Waals surface area contributed by atoms with E-state index in [1.54, 1.807) is 31.2 Å². The Labute approximate surface area is 119 Å². The van der Waals surface area contributed by atoms with Crippen LogP contribution in [0.4, 0.5) is 10.5 Å². The molecule has 0 aromatic heterocycles. The van der Waals surface area contributed by atoms with Crippen LogP contribution < -0.4 is 9.64 Å². The molecule has 7 heteroatoms. The standard InChI is InChI=1S/C13H13NO5S/c1-2-19-9-6-4-3-5-8(9)14-12(17)10(7-11(15)16)20-13(14)18/h3-6,10H,2,7H2,1H3,(H,15,16)/t10-/m0/s1. The van der Waals surface area contributed by atoms with E-state index in [0.717, 1.165) is 16.7 Å². The first-order chi connectivity index (χ1) is 9.54. The Morgan fingerprint density at radius 1 is 1.40 bits per heavy atom. The topological polar surface area (TPSA) is 83.9 Å². The smallest absolute Gasteiger partial charge is 0.305 e. The molecule has 1 aromatic carbocycles. The Hall–Kier alpha value is -2.02. The molecule has 0 radical (unpaired) electrons. The minimum absolute atomic E-state index is 0.352. The third-order valence-electron chi connectivity index (χ3n) is 2.69. The maximum atomic E-state index is 12.2. The van der Waals surface area contributed by atoms with Crippen LogP contribution in [0, 0.1) is 0 Å². The zero-order valence-electron chi connectivity index (χ0n) is 10.7. The van der Waals surface area contributed by atoms with E-state index < -0.39 is 22.4 Å². The molecule has 106 valence electrons. The van der Waals surface area contributed by atoms with Crippen molar-refractivity contribution in [1.82, 2.24) is 0 Å². The second-order valence-corrected chi connectivity index (χ2v) is 5.20. The van der Waals surface area contributed by atoms with Gasteiger partial charge in [-0.1, -0.05) is 12.1 Å². The van der Waals surface area contributed by atoms with Crippen LogP contribution >= 0.6 is 11.8 Å². The summed E-state index contributed by atoms with van der Waals surface area (Å²) in [5.74, 6) is -1.20. The van der Waals surface area contributed by atoms with Crippen molar-refractivity contribution in [3.63, 3.8) is 0 Å². The summed E-state index contributed by atoms with van der Waals surface area (Å²) < 4.78 is 5.39. The van der Waals surface area contributed by atoms with Crippen molar-refractivity contribution in [2.24, 2.45) is 0 Å². The number of aliphatic carboxylic acids is 1. The zero-order chi connectivity index (χ0) is 14.7. The van der Waals surface area contributed by atoms with Crippen LogP contribution in [0.25, 0.3) is 0 Å². The molecular formula is C13H13NO5S. The van der Waals surface area contributed by atoms with E-state index in [2.05, 4.69) is 0 Å². The van der Waals surface area contributed by atoms with Crippen molar-refractivity contribution in [3.8, 4) is 5.75 Å². The molecule has 1 saturated heterocycles. The van der Waals surface area contributed by atoms with E-state index in [1.165, 1.54) is 0 Å². The number of carbonyl (C=O) groups excluding carboxylic acids is 2. The van der Waals surface area contributed by atoms with E-state index in [1.807, 2.05) is 0 Å². The van der Waals surface area contributed by atoms with Crippen molar-refractivity contribution < 1.29 is 24.2 Å². The number of hydrogen-bond donors (Lipinski definition) is 1. The van der Waals surface area contributed by atoms with Gasteiger partial charge in [0.05, 0.1) is 18.7 Å². The number of rotatable bonds is 5. The number of nitrogens with zero attached hydrogens (tertiary/aromatic N) is 1. The van der Waals surface area contributed by atoms with Gasteiger partial charge in [0.25, 0.3) is 5.24 Å². The Kier molecular flexibility index (Phi) is 4.29. The fourth-order valence-electron chi connectivity index (χ4n) is 1.88. The lowest BCUT2D eigenvalue weighted by molar-refractivity contribution is -0.138. The van der Waals surface area contributed by atoms with Crippen molar-refractivity contribution >= 4 is 34.6 Å². The molecule has 6 nitrogen and oxygen atoms in total. The van der Waals surface area contributed by atoms with Gasteiger partial charge in [0.2, 0.25) is 5.91 Å². The summed E-state index contributed by atoms with van der Waals surface area (Å²) in [6, 6.07) is 6.69. The number of carbonyl (C=O) groups is 3. The lowest BCUT2D eigenvalue weighted by Gasteiger charge is -2.17. The highest BCUT2D eigenvalue weighted by Gasteiger charge is 2.42. The van der Waals surface area contributed by atoms with E-state index in [9.17, 15) is 14.4 Å². The van der Waals surface area contributed by atoms with Crippen molar-refractivity contribution in [2.75, 3.05) is 11.5 Å². The van der Waals surface area contributed by atoms with Gasteiger partial charge < -0.3 is 9.84 Å². The third kappa shape index (κ3) is 2.77. The van der Waals surface area contributed by atoms with Gasteiger partial charge >= 0.3 is 5.97 Å². The number of amides is 2. The predicted molar refractivity (Wildman–Crippen MR) is 74.1 cm³/mol. The first-order valence-electron chi connectivity index (χ1n) is 6.02. The van der Waals surface area contributed by atoms with E-state index in [0.29, 0.717) is 18.0 Å². The fraction of sp³-hybridized carbons (Fsp3) is 0.308. The van der Waals surface area contributed by atoms with Gasteiger partial charge in [-0.05, 0) is 30.8 Å². The summed E-state index contributed by atoms with van der Waals surface area (Å²) in [4.78, 5) is 35.8. The quantitative estimate of drug-likeness (QED) is 0.895. The van der Waals surface area contributed by atoms with Crippen LogP contribution in [0.5, 0.6) is 5.75 Å². The number of imide groups is 1. The molecule has 2 amide bonds. The van der Waals surface area contributed by atoms with Gasteiger partial charge in [0, 0.05) is 0 Å². The molecule has 1 aliphatic rings. The van der Waals surface area contributed by atoms with E-state index in [4.69, 9.17) is 9.84 Å². The molecule has 1 N–H and O–H groups in total.